The second kappa shape index (κ2) is 13.6. The fourth-order valence-corrected chi connectivity index (χ4v) is 6.35. The van der Waals surface area contributed by atoms with Crippen molar-refractivity contribution in [2.45, 2.75) is 50.2 Å². The summed E-state index contributed by atoms with van der Waals surface area (Å²) in [7, 11) is -1.22. The summed E-state index contributed by atoms with van der Waals surface area (Å²) < 4.78 is 46.3. The first-order valence-electron chi connectivity index (χ1n) is 13.6. The van der Waals surface area contributed by atoms with Crippen LogP contribution in [0.2, 0.25) is 0 Å². The molecular formula is C28H37FN6O3S2. The number of hydrogen-bond donors (Lipinski definition) is 1. The average Bonchev–Trinajstić information content (AvgIpc) is 3.15. The van der Waals surface area contributed by atoms with Crippen molar-refractivity contribution in [1.29, 1.82) is 0 Å². The van der Waals surface area contributed by atoms with Crippen molar-refractivity contribution in [3.63, 3.8) is 0 Å². The molecule has 1 unspecified atom stereocenters. The first-order chi connectivity index (χ1) is 19.3. The van der Waals surface area contributed by atoms with E-state index in [2.05, 4.69) is 20.3 Å². The number of fused-ring (bicyclic) bond motifs is 1. The quantitative estimate of drug-likeness (QED) is 0.537. The summed E-state index contributed by atoms with van der Waals surface area (Å²) in [6.07, 6.45) is 12.5. The minimum Gasteiger partial charge on any atom is -0.490 e. The molecule has 3 aliphatic heterocycles. The SMILES string of the molecule is CC.CN1CCCN=C1Sc1ccc(NC2=NC=NC3C=CC=C(OC4CCN(S(C)(=O)=O)CC4)C=C23)cc1F. The normalized spacial score (nSPS) is 21.6. The Kier molecular flexibility index (Phi) is 10.2. The Morgan fingerprint density at radius 2 is 1.95 bits per heavy atom. The van der Waals surface area contributed by atoms with E-state index in [-0.39, 0.29) is 18.0 Å². The van der Waals surface area contributed by atoms with Crippen molar-refractivity contribution < 1.29 is 17.5 Å². The highest BCUT2D eigenvalue weighted by atomic mass is 32.2. The van der Waals surface area contributed by atoms with Crippen molar-refractivity contribution in [1.82, 2.24) is 9.21 Å². The van der Waals surface area contributed by atoms with Gasteiger partial charge in [0.1, 0.15) is 29.9 Å². The topological polar surface area (TPSA) is 99.0 Å². The van der Waals surface area contributed by atoms with Gasteiger partial charge in [0.25, 0.3) is 0 Å². The molecule has 3 heterocycles. The fourth-order valence-electron chi connectivity index (χ4n) is 4.58. The molecule has 12 heteroatoms. The number of nitrogens with one attached hydrogen (secondary N) is 1. The zero-order chi connectivity index (χ0) is 28.7. The molecule has 4 aliphatic rings. The number of aliphatic imine (C=N–C) groups is 3. The third kappa shape index (κ3) is 7.61. The molecule has 9 nitrogen and oxygen atoms in total. The fraction of sp³-hybridized carbons (Fsp3) is 0.464. The Morgan fingerprint density at radius 3 is 2.65 bits per heavy atom. The maximum Gasteiger partial charge on any atom is 0.211 e. The first kappa shape index (κ1) is 30.0. The smallest absolute Gasteiger partial charge is 0.211 e. The number of nitrogens with zero attached hydrogens (tertiary/aromatic N) is 5. The van der Waals surface area contributed by atoms with E-state index >= 15 is 4.39 Å². The van der Waals surface area contributed by atoms with Crippen LogP contribution in [0.3, 0.4) is 0 Å². The van der Waals surface area contributed by atoms with Crippen LogP contribution in [0.1, 0.15) is 33.1 Å². The summed E-state index contributed by atoms with van der Waals surface area (Å²) in [5, 5.41) is 4.07. The molecule has 1 aromatic carbocycles. The third-order valence-electron chi connectivity index (χ3n) is 6.65. The number of amidine groups is 2. The molecule has 216 valence electrons. The lowest BCUT2D eigenvalue weighted by atomic mass is 10.0. The van der Waals surface area contributed by atoms with Gasteiger partial charge in [0.15, 0.2) is 5.17 Å². The number of piperidine rings is 1. The second-order valence-electron chi connectivity index (χ2n) is 9.53. The minimum absolute atomic E-state index is 0.0894. The van der Waals surface area contributed by atoms with Crippen molar-refractivity contribution in [2.75, 3.05) is 44.8 Å². The maximum atomic E-state index is 15.0. The molecule has 1 N–H and O–H groups in total. The highest BCUT2D eigenvalue weighted by Crippen LogP contribution is 2.29. The number of benzene rings is 1. The summed E-state index contributed by atoms with van der Waals surface area (Å²) in [5.41, 5.74) is 1.38. The number of ether oxygens (including phenoxy) is 1. The Labute approximate surface area is 240 Å². The molecule has 0 spiro atoms. The molecule has 1 atom stereocenters. The molecule has 1 saturated heterocycles. The van der Waals surface area contributed by atoms with Gasteiger partial charge in [-0.3, -0.25) is 9.98 Å². The van der Waals surface area contributed by atoms with Crippen LogP contribution in [0.15, 0.2) is 73.7 Å². The lowest BCUT2D eigenvalue weighted by Gasteiger charge is -2.30. The van der Waals surface area contributed by atoms with E-state index in [0.29, 0.717) is 48.1 Å². The van der Waals surface area contributed by atoms with Crippen LogP contribution in [-0.2, 0) is 14.8 Å². The highest BCUT2D eigenvalue weighted by molar-refractivity contribution is 8.13. The molecule has 1 aromatic rings. The van der Waals surface area contributed by atoms with Gasteiger partial charge in [0.2, 0.25) is 10.0 Å². The number of rotatable bonds is 5. The number of thioether (sulfide) groups is 1. The summed E-state index contributed by atoms with van der Waals surface area (Å²) >= 11 is 1.33. The van der Waals surface area contributed by atoms with Crippen LogP contribution in [-0.4, -0.2) is 86.6 Å². The van der Waals surface area contributed by atoms with E-state index in [4.69, 9.17) is 4.74 Å². The van der Waals surface area contributed by atoms with Gasteiger partial charge in [-0.2, -0.15) is 0 Å². The van der Waals surface area contributed by atoms with Gasteiger partial charge in [0.05, 0.1) is 17.2 Å². The average molecular weight is 589 g/mol. The van der Waals surface area contributed by atoms with Crippen molar-refractivity contribution in [3.8, 4) is 0 Å². The monoisotopic (exact) mass is 588 g/mol. The molecule has 1 aliphatic carbocycles. The first-order valence-corrected chi connectivity index (χ1v) is 16.2. The maximum absolute atomic E-state index is 15.0. The zero-order valence-corrected chi connectivity index (χ0v) is 25.0. The van der Waals surface area contributed by atoms with E-state index in [1.807, 2.05) is 56.2 Å². The molecule has 5 rings (SSSR count). The van der Waals surface area contributed by atoms with E-state index in [1.54, 1.807) is 6.07 Å². The van der Waals surface area contributed by atoms with Gasteiger partial charge in [-0.1, -0.05) is 26.0 Å². The van der Waals surface area contributed by atoms with Gasteiger partial charge in [-0.15, -0.1) is 0 Å². The predicted octanol–water partition coefficient (Wildman–Crippen LogP) is 4.68. The summed E-state index contributed by atoms with van der Waals surface area (Å²) in [4.78, 5) is 16.0. The number of sulfonamides is 1. The van der Waals surface area contributed by atoms with E-state index in [9.17, 15) is 8.42 Å². The molecule has 0 radical (unpaired) electrons. The molecular weight excluding hydrogens is 551 g/mol. The second-order valence-corrected chi connectivity index (χ2v) is 12.5. The standard InChI is InChI=1S/C26H31FN6O3S2.C2H6/c1-32-12-4-11-28-26(32)37-24-8-7-18(15-22(24)27)31-25-21-16-20(5-3-6-23(21)29-17-30-25)36-19-9-13-33(14-10-19)38(2,34)35;1-2/h3,5-8,15-17,19,23H,4,9-14H2,1-2H3,(H,29,30,31);1-2H3. The minimum atomic E-state index is -3.19. The number of anilines is 1. The Bertz CT molecular complexity index is 1360. The van der Waals surface area contributed by atoms with E-state index in [0.717, 1.165) is 30.3 Å². The summed E-state index contributed by atoms with van der Waals surface area (Å²) in [5.74, 6) is 0.884. The lowest BCUT2D eigenvalue weighted by molar-refractivity contribution is 0.0780. The molecule has 0 saturated carbocycles. The van der Waals surface area contributed by atoms with Crippen LogP contribution in [0.25, 0.3) is 0 Å². The summed E-state index contributed by atoms with van der Waals surface area (Å²) in [6.45, 7) is 6.56. The Balaban J connectivity index is 0.00000181. The van der Waals surface area contributed by atoms with Crippen LogP contribution < -0.4 is 5.32 Å². The van der Waals surface area contributed by atoms with Gasteiger partial charge < -0.3 is 15.0 Å². The zero-order valence-electron chi connectivity index (χ0n) is 23.4. The van der Waals surface area contributed by atoms with Gasteiger partial charge in [-0.05, 0) is 61.4 Å². The number of allylic oxidation sites excluding steroid dienone is 3. The Hall–Kier alpha value is -2.96. The van der Waals surface area contributed by atoms with E-state index in [1.165, 1.54) is 34.7 Å². The highest BCUT2D eigenvalue weighted by Gasteiger charge is 2.27. The molecule has 0 bridgehead atoms. The van der Waals surface area contributed by atoms with Crippen molar-refractivity contribution in [2.24, 2.45) is 15.0 Å². The van der Waals surface area contributed by atoms with Crippen LogP contribution in [0, 0.1) is 5.82 Å². The molecule has 0 aromatic heterocycles. The number of hydrogen-bond acceptors (Lipinski definition) is 9. The third-order valence-corrected chi connectivity index (χ3v) is 9.13. The largest absolute Gasteiger partial charge is 0.490 e. The molecule has 0 amide bonds. The van der Waals surface area contributed by atoms with Gasteiger partial charge >= 0.3 is 0 Å². The van der Waals surface area contributed by atoms with Crippen molar-refractivity contribution in [3.05, 3.63) is 59.7 Å². The Morgan fingerprint density at radius 1 is 1.18 bits per heavy atom. The number of halogens is 1. The lowest BCUT2D eigenvalue weighted by Crippen LogP contribution is -2.40. The van der Waals surface area contributed by atoms with Crippen LogP contribution in [0.4, 0.5) is 10.1 Å². The predicted molar refractivity (Wildman–Crippen MR) is 162 cm³/mol. The van der Waals surface area contributed by atoms with Gasteiger partial charge in [0, 0.05) is 44.5 Å². The van der Waals surface area contributed by atoms with Gasteiger partial charge in [-0.25, -0.2) is 22.1 Å². The van der Waals surface area contributed by atoms with Crippen LogP contribution >= 0.6 is 11.8 Å². The molecule has 40 heavy (non-hydrogen) atoms. The van der Waals surface area contributed by atoms with Crippen molar-refractivity contribution >= 4 is 44.8 Å². The summed E-state index contributed by atoms with van der Waals surface area (Å²) in [6, 6.07) is 4.79. The van der Waals surface area contributed by atoms with Crippen LogP contribution in [0.5, 0.6) is 0 Å². The molecule has 1 fully saturated rings. The van der Waals surface area contributed by atoms with E-state index < -0.39 is 10.0 Å².